The van der Waals surface area contributed by atoms with E-state index in [1.54, 1.807) is 13.1 Å². The number of hydrogen-bond acceptors (Lipinski definition) is 4. The summed E-state index contributed by atoms with van der Waals surface area (Å²) in [4.78, 5) is 4.00. The average Bonchev–Trinajstić information content (AvgIpc) is 2.83. The molecule has 1 aliphatic heterocycles. The molecule has 1 aliphatic rings. The van der Waals surface area contributed by atoms with Crippen LogP contribution in [0.1, 0.15) is 17.5 Å². The maximum atomic E-state index is 13.8. The van der Waals surface area contributed by atoms with E-state index in [4.69, 9.17) is 5.26 Å². The van der Waals surface area contributed by atoms with Crippen LogP contribution < -0.4 is 10.6 Å². The van der Waals surface area contributed by atoms with Crippen molar-refractivity contribution in [3.05, 3.63) is 35.1 Å². The number of nitrogens with zero attached hydrogens (tertiary/aromatic N) is 2. The number of benzene rings is 1. The van der Waals surface area contributed by atoms with Crippen LogP contribution in [-0.4, -0.2) is 39.0 Å². The molecule has 0 bridgehead atoms. The first-order chi connectivity index (χ1) is 10.4. The molecule has 0 radical (unpaired) electrons. The fourth-order valence-corrected chi connectivity index (χ4v) is 3.91. The summed E-state index contributed by atoms with van der Waals surface area (Å²) in [5.41, 5.74) is 0.668. The molecule has 1 unspecified atom stereocenters. The molecule has 2 rings (SSSR count). The van der Waals surface area contributed by atoms with E-state index in [-0.39, 0.29) is 53.6 Å². The fraction of sp³-hybridized carbons (Fsp3) is 0.429. The third-order valence-corrected chi connectivity index (χ3v) is 5.19. The van der Waals surface area contributed by atoms with Gasteiger partial charge in [0, 0.05) is 25.2 Å². The summed E-state index contributed by atoms with van der Waals surface area (Å²) in [6.07, 6.45) is 0.536. The van der Waals surface area contributed by atoms with E-state index in [0.29, 0.717) is 17.9 Å². The van der Waals surface area contributed by atoms with E-state index in [0.717, 1.165) is 0 Å². The number of guanidine groups is 1. The third-order valence-electron chi connectivity index (χ3n) is 3.43. The van der Waals surface area contributed by atoms with Gasteiger partial charge in [-0.25, -0.2) is 12.8 Å². The van der Waals surface area contributed by atoms with Crippen molar-refractivity contribution in [2.75, 3.05) is 18.6 Å². The van der Waals surface area contributed by atoms with Gasteiger partial charge in [0.2, 0.25) is 0 Å². The van der Waals surface area contributed by atoms with Gasteiger partial charge in [-0.3, -0.25) is 4.99 Å². The zero-order valence-electron chi connectivity index (χ0n) is 12.5. The summed E-state index contributed by atoms with van der Waals surface area (Å²) in [6.45, 7) is 0.191. The molecular weight excluding hydrogens is 434 g/mol. The predicted octanol–water partition coefficient (Wildman–Crippen LogP) is 1.17. The zero-order valence-corrected chi connectivity index (χ0v) is 15.7. The smallest absolute Gasteiger partial charge is 0.191 e. The monoisotopic (exact) mass is 452 g/mol. The van der Waals surface area contributed by atoms with Gasteiger partial charge in [0.15, 0.2) is 15.8 Å². The molecule has 2 N–H and O–H groups in total. The van der Waals surface area contributed by atoms with Crippen LogP contribution in [0.5, 0.6) is 0 Å². The van der Waals surface area contributed by atoms with Crippen molar-refractivity contribution in [3.8, 4) is 6.07 Å². The second-order valence-electron chi connectivity index (χ2n) is 5.09. The van der Waals surface area contributed by atoms with Crippen molar-refractivity contribution in [1.29, 1.82) is 5.26 Å². The molecule has 6 nitrogen and oxygen atoms in total. The van der Waals surface area contributed by atoms with E-state index in [9.17, 15) is 12.8 Å². The van der Waals surface area contributed by atoms with Crippen LogP contribution in [0.25, 0.3) is 0 Å². The van der Waals surface area contributed by atoms with Crippen LogP contribution >= 0.6 is 24.0 Å². The summed E-state index contributed by atoms with van der Waals surface area (Å²) in [5.74, 6) is 0.210. The topological polar surface area (TPSA) is 94.3 Å². The quantitative estimate of drug-likeness (QED) is 0.408. The summed E-state index contributed by atoms with van der Waals surface area (Å²) in [5, 5.41) is 14.7. The highest BCUT2D eigenvalue weighted by atomic mass is 127. The molecule has 9 heteroatoms. The lowest BCUT2D eigenvalue weighted by atomic mass is 10.1. The van der Waals surface area contributed by atoms with Crippen LogP contribution in [0.4, 0.5) is 4.39 Å². The lowest BCUT2D eigenvalue weighted by Gasteiger charge is -2.16. The SMILES string of the molecule is CN=C(NCc1ccc(C#N)cc1F)NC1CCS(=O)(=O)C1.I. The first-order valence-corrected chi connectivity index (χ1v) is 8.62. The van der Waals surface area contributed by atoms with Gasteiger partial charge in [-0.15, -0.1) is 24.0 Å². The highest BCUT2D eigenvalue weighted by molar-refractivity contribution is 14.0. The van der Waals surface area contributed by atoms with Crippen LogP contribution in [0.15, 0.2) is 23.2 Å². The molecule has 0 spiro atoms. The van der Waals surface area contributed by atoms with Gasteiger partial charge in [-0.1, -0.05) is 6.07 Å². The van der Waals surface area contributed by atoms with Gasteiger partial charge in [0.05, 0.1) is 23.1 Å². The number of rotatable bonds is 3. The summed E-state index contributed by atoms with van der Waals surface area (Å²) >= 11 is 0. The van der Waals surface area contributed by atoms with Crippen LogP contribution in [0.3, 0.4) is 0 Å². The van der Waals surface area contributed by atoms with Crippen LogP contribution in [0.2, 0.25) is 0 Å². The molecule has 0 aromatic heterocycles. The first-order valence-electron chi connectivity index (χ1n) is 6.79. The molecule has 1 fully saturated rings. The number of nitrogens with one attached hydrogen (secondary N) is 2. The molecule has 0 saturated carbocycles. The molecule has 126 valence electrons. The largest absolute Gasteiger partial charge is 0.353 e. The Bertz CT molecular complexity index is 731. The number of nitriles is 1. The number of hydrogen-bond donors (Lipinski definition) is 2. The Morgan fingerprint density at radius 3 is 2.78 bits per heavy atom. The van der Waals surface area contributed by atoms with Crippen LogP contribution in [0, 0.1) is 17.1 Å². The van der Waals surface area contributed by atoms with Crippen molar-refractivity contribution in [2.45, 2.75) is 19.0 Å². The number of halogens is 2. The Labute approximate surface area is 152 Å². The molecule has 0 aliphatic carbocycles. The Kier molecular flexibility index (Phi) is 7.21. The van der Waals surface area contributed by atoms with Gasteiger partial charge in [0.1, 0.15) is 5.82 Å². The molecule has 0 amide bonds. The zero-order chi connectivity index (χ0) is 16.2. The lowest BCUT2D eigenvalue weighted by molar-refractivity contribution is 0.597. The highest BCUT2D eigenvalue weighted by Gasteiger charge is 2.28. The lowest BCUT2D eigenvalue weighted by Crippen LogP contribution is -2.43. The van der Waals surface area contributed by atoms with E-state index < -0.39 is 15.7 Å². The molecule has 1 atom stereocenters. The maximum Gasteiger partial charge on any atom is 0.191 e. The molecule has 1 saturated heterocycles. The van der Waals surface area contributed by atoms with Gasteiger partial charge >= 0.3 is 0 Å². The van der Waals surface area contributed by atoms with Crippen molar-refractivity contribution >= 4 is 39.8 Å². The van der Waals surface area contributed by atoms with Crippen LogP contribution in [-0.2, 0) is 16.4 Å². The Morgan fingerprint density at radius 1 is 1.52 bits per heavy atom. The van der Waals surface area contributed by atoms with Gasteiger partial charge in [-0.2, -0.15) is 5.26 Å². The number of sulfone groups is 1. The minimum atomic E-state index is -2.97. The fourth-order valence-electron chi connectivity index (χ4n) is 2.24. The minimum absolute atomic E-state index is 0. The normalized spacial score (nSPS) is 19.5. The molecule has 23 heavy (non-hydrogen) atoms. The summed E-state index contributed by atoms with van der Waals surface area (Å²) in [6, 6.07) is 5.95. The summed E-state index contributed by atoms with van der Waals surface area (Å²) in [7, 11) is -1.40. The average molecular weight is 452 g/mol. The molecule has 1 aromatic carbocycles. The second-order valence-corrected chi connectivity index (χ2v) is 7.32. The van der Waals surface area contributed by atoms with E-state index >= 15 is 0 Å². The van der Waals surface area contributed by atoms with Gasteiger partial charge in [-0.05, 0) is 18.6 Å². The summed E-state index contributed by atoms with van der Waals surface area (Å²) < 4.78 is 36.6. The van der Waals surface area contributed by atoms with Crippen molar-refractivity contribution in [2.24, 2.45) is 4.99 Å². The first kappa shape index (κ1) is 19.6. The Morgan fingerprint density at radius 2 is 2.26 bits per heavy atom. The molecule has 1 heterocycles. The molecular formula is C14H18FIN4O2S. The van der Waals surface area contributed by atoms with E-state index in [1.165, 1.54) is 12.1 Å². The minimum Gasteiger partial charge on any atom is -0.353 e. The van der Waals surface area contributed by atoms with E-state index in [1.807, 2.05) is 6.07 Å². The Balaban J connectivity index is 0.00000264. The predicted molar refractivity (Wildman–Crippen MR) is 96.9 cm³/mol. The standard InChI is InChI=1S/C14H17FN4O2S.HI/c1-17-14(19-12-4-5-22(20,21)9-12)18-8-11-3-2-10(7-16)6-13(11)15;/h2-3,6,12H,4-5,8-9H2,1H3,(H2,17,18,19);1H. The highest BCUT2D eigenvalue weighted by Crippen LogP contribution is 2.12. The number of aliphatic imine (C=N–C) groups is 1. The van der Waals surface area contributed by atoms with Crippen molar-refractivity contribution < 1.29 is 12.8 Å². The van der Waals surface area contributed by atoms with Crippen molar-refractivity contribution in [3.63, 3.8) is 0 Å². The van der Waals surface area contributed by atoms with E-state index in [2.05, 4.69) is 15.6 Å². The second kappa shape index (κ2) is 8.44. The maximum absolute atomic E-state index is 13.8. The Hall–Kier alpha value is -1.41. The molecule has 1 aromatic rings. The third kappa shape index (κ3) is 5.62. The van der Waals surface area contributed by atoms with Crippen molar-refractivity contribution in [1.82, 2.24) is 10.6 Å². The van der Waals surface area contributed by atoms with Gasteiger partial charge in [0.25, 0.3) is 0 Å². The van der Waals surface area contributed by atoms with Gasteiger partial charge < -0.3 is 10.6 Å².